The molecule has 0 saturated heterocycles. The van der Waals surface area contributed by atoms with Crippen LogP contribution in [-0.4, -0.2) is 22.4 Å². The fraction of sp³-hybridized carbons (Fsp3) is 0.727. The molecule has 3 N–H and O–H groups in total. The molecular weight excluding hydrogens is 188 g/mol. The molecule has 0 amide bonds. The largest absolute Gasteiger partial charge is 0.382 e. The van der Waals surface area contributed by atoms with Gasteiger partial charge in [-0.05, 0) is 25.2 Å². The molecule has 1 aromatic rings. The summed E-state index contributed by atoms with van der Waals surface area (Å²) in [6, 6.07) is 0.416. The minimum Gasteiger partial charge on any atom is -0.382 e. The van der Waals surface area contributed by atoms with Crippen LogP contribution in [0.25, 0.3) is 0 Å². The van der Waals surface area contributed by atoms with E-state index in [9.17, 15) is 0 Å². The van der Waals surface area contributed by atoms with E-state index >= 15 is 0 Å². The minimum absolute atomic E-state index is 0.416. The predicted molar refractivity (Wildman–Crippen MR) is 61.6 cm³/mol. The van der Waals surface area contributed by atoms with Crippen molar-refractivity contribution in [3.05, 3.63) is 12.4 Å². The van der Waals surface area contributed by atoms with E-state index < -0.39 is 0 Å². The molecular formula is C11H20N4. The van der Waals surface area contributed by atoms with E-state index in [2.05, 4.69) is 10.4 Å². The van der Waals surface area contributed by atoms with Crippen LogP contribution in [0.3, 0.4) is 0 Å². The zero-order chi connectivity index (χ0) is 10.7. The smallest absolute Gasteiger partial charge is 0.0726 e. The van der Waals surface area contributed by atoms with Crippen molar-refractivity contribution < 1.29 is 0 Å². The molecule has 1 aromatic heterocycles. The van der Waals surface area contributed by atoms with Crippen molar-refractivity contribution in [2.45, 2.75) is 31.7 Å². The van der Waals surface area contributed by atoms with Crippen LogP contribution in [-0.2, 0) is 7.05 Å². The van der Waals surface area contributed by atoms with Crippen molar-refractivity contribution in [2.75, 3.05) is 11.9 Å². The number of rotatable bonds is 3. The molecule has 1 saturated carbocycles. The van der Waals surface area contributed by atoms with Crippen LogP contribution >= 0.6 is 0 Å². The van der Waals surface area contributed by atoms with Crippen LogP contribution < -0.4 is 11.1 Å². The first-order valence-electron chi connectivity index (χ1n) is 5.72. The number of nitrogens with two attached hydrogens (primary N) is 1. The molecule has 1 fully saturated rings. The summed E-state index contributed by atoms with van der Waals surface area (Å²) in [5.41, 5.74) is 7.06. The first-order valence-corrected chi connectivity index (χ1v) is 5.72. The molecule has 84 valence electrons. The second kappa shape index (κ2) is 4.66. The van der Waals surface area contributed by atoms with Crippen molar-refractivity contribution in [3.63, 3.8) is 0 Å². The van der Waals surface area contributed by atoms with Crippen molar-refractivity contribution in [2.24, 2.45) is 18.7 Å². The Morgan fingerprint density at radius 1 is 1.60 bits per heavy atom. The summed E-state index contributed by atoms with van der Waals surface area (Å²) in [5.74, 6) is 0.731. The normalized spacial score (nSPS) is 26.5. The Morgan fingerprint density at radius 2 is 2.47 bits per heavy atom. The fourth-order valence-electron chi connectivity index (χ4n) is 2.29. The second-order valence-corrected chi connectivity index (χ2v) is 4.58. The predicted octanol–water partition coefficient (Wildman–Crippen LogP) is 1.35. The molecule has 0 bridgehead atoms. The topological polar surface area (TPSA) is 55.9 Å². The van der Waals surface area contributed by atoms with E-state index in [4.69, 9.17) is 5.73 Å². The van der Waals surface area contributed by atoms with Gasteiger partial charge in [0.2, 0.25) is 0 Å². The van der Waals surface area contributed by atoms with E-state index in [-0.39, 0.29) is 0 Å². The van der Waals surface area contributed by atoms with E-state index in [1.807, 2.05) is 24.1 Å². The van der Waals surface area contributed by atoms with E-state index in [0.29, 0.717) is 6.04 Å². The molecule has 0 spiro atoms. The number of nitrogens with zero attached hydrogens (tertiary/aromatic N) is 2. The Bertz CT molecular complexity index is 307. The lowest BCUT2D eigenvalue weighted by molar-refractivity contribution is 0.335. The van der Waals surface area contributed by atoms with Gasteiger partial charge in [-0.15, -0.1) is 0 Å². The summed E-state index contributed by atoms with van der Waals surface area (Å²) in [4.78, 5) is 0. The molecule has 2 unspecified atom stereocenters. The first kappa shape index (κ1) is 10.5. The lowest BCUT2D eigenvalue weighted by atomic mass is 9.86. The van der Waals surface area contributed by atoms with Gasteiger partial charge in [-0.2, -0.15) is 5.10 Å². The van der Waals surface area contributed by atoms with E-state index in [1.165, 1.54) is 19.3 Å². The number of anilines is 1. The number of aryl methyl sites for hydroxylation is 1. The standard InChI is InChI=1S/C11H20N4/c1-15-8-11(7-14-15)13-6-9-3-2-4-10(12)5-9/h7-10,13H,2-6,12H2,1H3. The molecule has 4 heteroatoms. The average molecular weight is 208 g/mol. The van der Waals surface area contributed by atoms with Crippen LogP contribution in [0.2, 0.25) is 0 Å². The summed E-state index contributed by atoms with van der Waals surface area (Å²) < 4.78 is 1.81. The van der Waals surface area contributed by atoms with Crippen LogP contribution in [0.5, 0.6) is 0 Å². The first-order chi connectivity index (χ1) is 7.24. The van der Waals surface area contributed by atoms with E-state index in [0.717, 1.165) is 24.6 Å². The molecule has 2 atom stereocenters. The Kier molecular flexibility index (Phi) is 3.26. The van der Waals surface area contributed by atoms with Gasteiger partial charge in [-0.1, -0.05) is 6.42 Å². The summed E-state index contributed by atoms with van der Waals surface area (Å²) in [6.07, 6.45) is 8.81. The Morgan fingerprint density at radius 3 is 3.13 bits per heavy atom. The number of nitrogens with one attached hydrogen (secondary N) is 1. The van der Waals surface area contributed by atoms with Gasteiger partial charge < -0.3 is 11.1 Å². The van der Waals surface area contributed by atoms with Crippen molar-refractivity contribution in [3.8, 4) is 0 Å². The summed E-state index contributed by atoms with van der Waals surface area (Å²) in [5, 5.41) is 7.54. The van der Waals surface area contributed by atoms with Gasteiger partial charge in [0.05, 0.1) is 11.9 Å². The maximum atomic E-state index is 5.95. The highest BCUT2D eigenvalue weighted by atomic mass is 15.3. The van der Waals surface area contributed by atoms with Crippen LogP contribution in [0, 0.1) is 5.92 Å². The SMILES string of the molecule is Cn1cc(NCC2CCCC(N)C2)cn1. The molecule has 1 heterocycles. The second-order valence-electron chi connectivity index (χ2n) is 4.58. The Balaban J connectivity index is 1.77. The quantitative estimate of drug-likeness (QED) is 0.788. The molecule has 0 aliphatic heterocycles. The molecule has 2 rings (SSSR count). The maximum absolute atomic E-state index is 5.95. The van der Waals surface area contributed by atoms with Crippen molar-refractivity contribution >= 4 is 5.69 Å². The van der Waals surface area contributed by atoms with Gasteiger partial charge in [-0.25, -0.2) is 0 Å². The zero-order valence-electron chi connectivity index (χ0n) is 9.32. The van der Waals surface area contributed by atoms with Crippen LogP contribution in [0.1, 0.15) is 25.7 Å². The number of hydrogen-bond donors (Lipinski definition) is 2. The average Bonchev–Trinajstić information content (AvgIpc) is 2.62. The van der Waals surface area contributed by atoms with Gasteiger partial charge in [0.15, 0.2) is 0 Å². The number of hydrogen-bond acceptors (Lipinski definition) is 3. The van der Waals surface area contributed by atoms with Crippen LogP contribution in [0.4, 0.5) is 5.69 Å². The highest BCUT2D eigenvalue weighted by Crippen LogP contribution is 2.23. The monoisotopic (exact) mass is 208 g/mol. The Hall–Kier alpha value is -1.03. The lowest BCUT2D eigenvalue weighted by Gasteiger charge is -2.26. The molecule has 1 aliphatic carbocycles. The molecule has 15 heavy (non-hydrogen) atoms. The van der Waals surface area contributed by atoms with E-state index in [1.54, 1.807) is 0 Å². The molecule has 0 aromatic carbocycles. The lowest BCUT2D eigenvalue weighted by Crippen LogP contribution is -2.30. The summed E-state index contributed by atoms with van der Waals surface area (Å²) in [7, 11) is 1.93. The van der Waals surface area contributed by atoms with Crippen molar-refractivity contribution in [1.29, 1.82) is 0 Å². The fourth-order valence-corrected chi connectivity index (χ4v) is 2.29. The Labute approximate surface area is 90.8 Å². The van der Waals surface area contributed by atoms with Crippen LogP contribution in [0.15, 0.2) is 12.4 Å². The maximum Gasteiger partial charge on any atom is 0.0726 e. The summed E-state index contributed by atoms with van der Waals surface area (Å²) in [6.45, 7) is 1.03. The van der Waals surface area contributed by atoms with Gasteiger partial charge in [0.25, 0.3) is 0 Å². The minimum atomic E-state index is 0.416. The highest BCUT2D eigenvalue weighted by molar-refractivity contribution is 5.37. The van der Waals surface area contributed by atoms with Crippen molar-refractivity contribution in [1.82, 2.24) is 9.78 Å². The van der Waals surface area contributed by atoms with Gasteiger partial charge in [-0.3, -0.25) is 4.68 Å². The van der Waals surface area contributed by atoms with Gasteiger partial charge >= 0.3 is 0 Å². The molecule has 0 radical (unpaired) electrons. The molecule has 4 nitrogen and oxygen atoms in total. The molecule has 1 aliphatic rings. The van der Waals surface area contributed by atoms with Gasteiger partial charge in [0.1, 0.15) is 0 Å². The van der Waals surface area contributed by atoms with Gasteiger partial charge in [0, 0.05) is 25.8 Å². The highest BCUT2D eigenvalue weighted by Gasteiger charge is 2.18. The third-order valence-electron chi connectivity index (χ3n) is 3.12. The zero-order valence-corrected chi connectivity index (χ0v) is 9.32. The summed E-state index contributed by atoms with van der Waals surface area (Å²) >= 11 is 0. The third kappa shape index (κ3) is 2.96. The third-order valence-corrected chi connectivity index (χ3v) is 3.12. The number of aromatic nitrogens is 2.